The first-order valence-electron chi connectivity index (χ1n) is 5.56. The standard InChI is InChI=1S/C13H13FN2O3/c1-8-11(13(17)18-2)16(19-3)12(15-8)9-4-6-10(14)7-5-9/h4-7H,1-3H3. The molecule has 0 fully saturated rings. The third-order valence-corrected chi connectivity index (χ3v) is 2.68. The fraction of sp³-hybridized carbons (Fsp3) is 0.231. The van der Waals surface area contributed by atoms with Crippen LogP contribution in [0.3, 0.4) is 0 Å². The van der Waals surface area contributed by atoms with Crippen molar-refractivity contribution < 1.29 is 18.8 Å². The molecule has 100 valence electrons. The van der Waals surface area contributed by atoms with Crippen molar-refractivity contribution >= 4 is 5.97 Å². The molecule has 0 radical (unpaired) electrons. The minimum absolute atomic E-state index is 0.212. The smallest absolute Gasteiger partial charge is 0.360 e. The van der Waals surface area contributed by atoms with E-state index in [9.17, 15) is 9.18 Å². The van der Waals surface area contributed by atoms with E-state index in [1.165, 1.54) is 31.1 Å². The zero-order valence-corrected chi connectivity index (χ0v) is 10.8. The number of hydrogen-bond donors (Lipinski definition) is 0. The first-order chi connectivity index (χ1) is 9.08. The maximum absolute atomic E-state index is 12.9. The van der Waals surface area contributed by atoms with Gasteiger partial charge in [0.1, 0.15) is 12.9 Å². The molecule has 0 N–H and O–H groups in total. The summed E-state index contributed by atoms with van der Waals surface area (Å²) in [6, 6.07) is 5.76. The van der Waals surface area contributed by atoms with Crippen LogP contribution in [0.25, 0.3) is 11.4 Å². The summed E-state index contributed by atoms with van der Waals surface area (Å²) in [5, 5.41) is 0. The Labute approximate surface area is 109 Å². The van der Waals surface area contributed by atoms with Crippen LogP contribution in [0, 0.1) is 12.7 Å². The molecular formula is C13H13FN2O3. The molecule has 0 aliphatic rings. The van der Waals surface area contributed by atoms with Gasteiger partial charge in [-0.25, -0.2) is 14.2 Å². The van der Waals surface area contributed by atoms with Crippen LogP contribution in [0.4, 0.5) is 4.39 Å². The molecule has 0 atom stereocenters. The van der Waals surface area contributed by atoms with Crippen LogP contribution in [0.1, 0.15) is 16.2 Å². The van der Waals surface area contributed by atoms with Crippen molar-refractivity contribution in [2.24, 2.45) is 0 Å². The van der Waals surface area contributed by atoms with Gasteiger partial charge in [0.05, 0.1) is 12.8 Å². The third kappa shape index (κ3) is 2.29. The van der Waals surface area contributed by atoms with Crippen LogP contribution in [0.2, 0.25) is 0 Å². The summed E-state index contributed by atoms with van der Waals surface area (Å²) >= 11 is 0. The summed E-state index contributed by atoms with van der Waals surface area (Å²) in [5.41, 5.74) is 1.33. The molecule has 2 rings (SSSR count). The van der Waals surface area contributed by atoms with Gasteiger partial charge >= 0.3 is 5.97 Å². The van der Waals surface area contributed by atoms with Gasteiger partial charge < -0.3 is 9.57 Å². The molecule has 1 aromatic heterocycles. The highest BCUT2D eigenvalue weighted by Gasteiger charge is 2.23. The number of carbonyl (C=O) groups excluding carboxylic acids is 1. The van der Waals surface area contributed by atoms with E-state index in [1.54, 1.807) is 19.1 Å². The van der Waals surface area contributed by atoms with Crippen molar-refractivity contribution in [3.63, 3.8) is 0 Å². The van der Waals surface area contributed by atoms with E-state index in [-0.39, 0.29) is 11.5 Å². The predicted molar refractivity (Wildman–Crippen MR) is 66.2 cm³/mol. The lowest BCUT2D eigenvalue weighted by molar-refractivity contribution is 0.0546. The molecule has 1 aromatic carbocycles. The topological polar surface area (TPSA) is 53.3 Å². The quantitative estimate of drug-likeness (QED) is 0.794. The molecule has 0 spiro atoms. The molecule has 19 heavy (non-hydrogen) atoms. The number of ether oxygens (including phenoxy) is 1. The van der Waals surface area contributed by atoms with Gasteiger partial charge in [0, 0.05) is 5.56 Å². The number of esters is 1. The number of benzene rings is 1. The van der Waals surface area contributed by atoms with Crippen molar-refractivity contribution in [3.8, 4) is 11.4 Å². The van der Waals surface area contributed by atoms with Gasteiger partial charge in [-0.2, -0.15) is 4.73 Å². The van der Waals surface area contributed by atoms with Gasteiger partial charge in [0.15, 0.2) is 11.5 Å². The average Bonchev–Trinajstić information content (AvgIpc) is 2.75. The van der Waals surface area contributed by atoms with Crippen LogP contribution >= 0.6 is 0 Å². The molecule has 5 nitrogen and oxygen atoms in total. The third-order valence-electron chi connectivity index (χ3n) is 2.68. The largest absolute Gasteiger partial charge is 0.464 e. The van der Waals surface area contributed by atoms with E-state index in [2.05, 4.69) is 9.72 Å². The zero-order valence-electron chi connectivity index (χ0n) is 10.8. The number of imidazole rings is 1. The Kier molecular flexibility index (Phi) is 3.50. The summed E-state index contributed by atoms with van der Waals surface area (Å²) in [5.74, 6) is -0.468. The second-order valence-electron chi connectivity index (χ2n) is 3.84. The van der Waals surface area contributed by atoms with E-state index in [1.807, 2.05) is 0 Å². The fourth-order valence-corrected chi connectivity index (χ4v) is 1.80. The first-order valence-corrected chi connectivity index (χ1v) is 5.56. The van der Waals surface area contributed by atoms with Gasteiger partial charge in [-0.3, -0.25) is 0 Å². The molecular weight excluding hydrogens is 251 g/mol. The van der Waals surface area contributed by atoms with Crippen LogP contribution in [-0.2, 0) is 4.74 Å². The van der Waals surface area contributed by atoms with E-state index in [4.69, 9.17) is 4.84 Å². The molecule has 0 aliphatic heterocycles. The number of carbonyl (C=O) groups is 1. The monoisotopic (exact) mass is 264 g/mol. The Morgan fingerprint density at radius 1 is 1.26 bits per heavy atom. The molecule has 1 heterocycles. The van der Waals surface area contributed by atoms with E-state index >= 15 is 0 Å². The molecule has 0 aliphatic carbocycles. The Bertz CT molecular complexity index is 605. The highest BCUT2D eigenvalue weighted by atomic mass is 19.1. The number of methoxy groups -OCH3 is 1. The lowest BCUT2D eigenvalue weighted by atomic mass is 10.2. The minimum Gasteiger partial charge on any atom is -0.464 e. The second-order valence-corrected chi connectivity index (χ2v) is 3.84. The van der Waals surface area contributed by atoms with Crippen molar-refractivity contribution in [1.82, 2.24) is 9.71 Å². The molecule has 2 aromatic rings. The molecule has 0 unspecified atom stereocenters. The van der Waals surface area contributed by atoms with Crippen LogP contribution < -0.4 is 4.84 Å². The Hall–Kier alpha value is -2.37. The summed E-state index contributed by atoms with van der Waals surface area (Å²) in [6.07, 6.45) is 0. The van der Waals surface area contributed by atoms with Gasteiger partial charge in [-0.1, -0.05) is 0 Å². The van der Waals surface area contributed by atoms with Gasteiger partial charge in [0.25, 0.3) is 0 Å². The SMILES string of the molecule is COC(=O)c1c(C)nc(-c2ccc(F)cc2)n1OC. The summed E-state index contributed by atoms with van der Waals surface area (Å²) in [6.45, 7) is 1.68. The van der Waals surface area contributed by atoms with Crippen molar-refractivity contribution in [3.05, 3.63) is 41.5 Å². The second kappa shape index (κ2) is 5.09. The normalized spacial score (nSPS) is 10.3. The Morgan fingerprint density at radius 2 is 1.89 bits per heavy atom. The highest BCUT2D eigenvalue weighted by Crippen LogP contribution is 2.22. The first kappa shape index (κ1) is 13.1. The summed E-state index contributed by atoms with van der Waals surface area (Å²) < 4.78 is 18.9. The molecule has 0 bridgehead atoms. The molecule has 0 saturated heterocycles. The predicted octanol–water partition coefficient (Wildman–Crippen LogP) is 1.84. The van der Waals surface area contributed by atoms with Crippen LogP contribution in [-0.4, -0.2) is 29.9 Å². The number of halogens is 1. The average molecular weight is 264 g/mol. The van der Waals surface area contributed by atoms with Crippen molar-refractivity contribution in [2.75, 3.05) is 14.2 Å². The minimum atomic E-state index is -0.541. The van der Waals surface area contributed by atoms with Gasteiger partial charge in [-0.05, 0) is 31.2 Å². The summed E-state index contributed by atoms with van der Waals surface area (Å²) in [4.78, 5) is 21.1. The lowest BCUT2D eigenvalue weighted by Gasteiger charge is -2.08. The van der Waals surface area contributed by atoms with Gasteiger partial charge in [0.2, 0.25) is 0 Å². The molecule has 0 saturated carbocycles. The number of nitrogens with zero attached hydrogens (tertiary/aromatic N) is 2. The maximum Gasteiger partial charge on any atom is 0.360 e. The van der Waals surface area contributed by atoms with Gasteiger partial charge in [-0.15, -0.1) is 0 Å². The number of hydrogen-bond acceptors (Lipinski definition) is 4. The number of aryl methyl sites for hydroxylation is 1. The van der Waals surface area contributed by atoms with Crippen molar-refractivity contribution in [1.29, 1.82) is 0 Å². The van der Waals surface area contributed by atoms with Crippen LogP contribution in [0.15, 0.2) is 24.3 Å². The van der Waals surface area contributed by atoms with E-state index in [0.717, 1.165) is 0 Å². The lowest BCUT2D eigenvalue weighted by Crippen LogP contribution is -2.17. The molecule has 0 amide bonds. The molecule has 6 heteroatoms. The van der Waals surface area contributed by atoms with E-state index < -0.39 is 5.97 Å². The van der Waals surface area contributed by atoms with Crippen LogP contribution in [0.5, 0.6) is 0 Å². The zero-order chi connectivity index (χ0) is 14.0. The summed E-state index contributed by atoms with van der Waals surface area (Å²) in [7, 11) is 2.70. The Morgan fingerprint density at radius 3 is 2.42 bits per heavy atom. The number of aromatic nitrogens is 2. The van der Waals surface area contributed by atoms with Crippen molar-refractivity contribution in [2.45, 2.75) is 6.92 Å². The Balaban J connectivity index is 2.58. The highest BCUT2D eigenvalue weighted by molar-refractivity contribution is 5.89. The fourth-order valence-electron chi connectivity index (χ4n) is 1.80. The van der Waals surface area contributed by atoms with E-state index in [0.29, 0.717) is 17.1 Å². The number of rotatable bonds is 3. The maximum atomic E-state index is 12.9.